The van der Waals surface area contributed by atoms with Gasteiger partial charge in [-0.3, -0.25) is 0 Å². The van der Waals surface area contributed by atoms with Crippen molar-refractivity contribution in [3.8, 4) is 0 Å². The maximum absolute atomic E-state index is 13.6. The van der Waals surface area contributed by atoms with E-state index >= 15 is 0 Å². The largest absolute Gasteiger partial charge is 0.327 e. The van der Waals surface area contributed by atoms with Crippen LogP contribution in [0, 0.1) is 11.6 Å². The van der Waals surface area contributed by atoms with E-state index in [0.29, 0.717) is 12.4 Å². The Kier molecular flexibility index (Phi) is 3.53. The molecule has 5 heteroatoms. The molecular weight excluding hydrogens is 236 g/mol. The molecule has 0 spiro atoms. The summed E-state index contributed by atoms with van der Waals surface area (Å²) < 4.78 is 26.8. The fraction of sp³-hybridized carbons (Fsp3) is 0.154. The van der Waals surface area contributed by atoms with Crippen LogP contribution in [0.2, 0.25) is 0 Å². The highest BCUT2D eigenvalue weighted by molar-refractivity contribution is 5.59. The number of aromatic nitrogens is 1. The zero-order valence-electron chi connectivity index (χ0n) is 9.90. The molecule has 0 aliphatic heterocycles. The minimum atomic E-state index is -0.885. The topological polar surface area (TPSA) is 42.1 Å². The van der Waals surface area contributed by atoms with Crippen molar-refractivity contribution in [2.24, 2.45) is 5.73 Å². The van der Waals surface area contributed by atoms with Gasteiger partial charge in [0.1, 0.15) is 5.82 Å². The van der Waals surface area contributed by atoms with Crippen molar-refractivity contribution < 1.29 is 8.78 Å². The van der Waals surface area contributed by atoms with Gasteiger partial charge in [-0.1, -0.05) is 12.1 Å². The van der Waals surface area contributed by atoms with E-state index < -0.39 is 11.6 Å². The Labute approximate surface area is 104 Å². The van der Waals surface area contributed by atoms with Crippen molar-refractivity contribution in [2.45, 2.75) is 6.54 Å². The molecule has 1 heterocycles. The Bertz CT molecular complexity index is 540. The number of hydrogen-bond acceptors (Lipinski definition) is 3. The summed E-state index contributed by atoms with van der Waals surface area (Å²) >= 11 is 0. The summed E-state index contributed by atoms with van der Waals surface area (Å²) in [5.74, 6) is -1.24. The van der Waals surface area contributed by atoms with E-state index in [0.717, 1.165) is 11.6 Å². The third kappa shape index (κ3) is 2.31. The van der Waals surface area contributed by atoms with Crippen LogP contribution in [0.1, 0.15) is 5.56 Å². The Balaban J connectivity index is 2.35. The van der Waals surface area contributed by atoms with Gasteiger partial charge in [-0.25, -0.2) is 13.8 Å². The molecule has 0 bridgehead atoms. The quantitative estimate of drug-likeness (QED) is 0.909. The minimum absolute atomic E-state index is 0.142. The third-order valence-electron chi connectivity index (χ3n) is 2.68. The molecule has 0 aliphatic carbocycles. The summed E-state index contributed by atoms with van der Waals surface area (Å²) in [6, 6.07) is 7.55. The predicted molar refractivity (Wildman–Crippen MR) is 66.5 cm³/mol. The van der Waals surface area contributed by atoms with Crippen LogP contribution < -0.4 is 10.6 Å². The number of rotatable bonds is 3. The SMILES string of the molecule is CN(c1ccc(CN)cn1)c1cccc(F)c1F. The van der Waals surface area contributed by atoms with Gasteiger partial charge in [0.15, 0.2) is 11.6 Å². The lowest BCUT2D eigenvalue weighted by Gasteiger charge is -2.19. The fourth-order valence-corrected chi connectivity index (χ4v) is 1.61. The van der Waals surface area contributed by atoms with E-state index in [9.17, 15) is 8.78 Å². The smallest absolute Gasteiger partial charge is 0.182 e. The number of nitrogens with two attached hydrogens (primary N) is 1. The highest BCUT2D eigenvalue weighted by atomic mass is 19.2. The van der Waals surface area contributed by atoms with Crippen molar-refractivity contribution in [1.82, 2.24) is 4.98 Å². The van der Waals surface area contributed by atoms with Crippen LogP contribution in [0.4, 0.5) is 20.3 Å². The Morgan fingerprint density at radius 1 is 1.22 bits per heavy atom. The summed E-state index contributed by atoms with van der Waals surface area (Å²) in [7, 11) is 1.63. The minimum Gasteiger partial charge on any atom is -0.327 e. The number of pyridine rings is 1. The second kappa shape index (κ2) is 5.10. The number of nitrogens with zero attached hydrogens (tertiary/aromatic N) is 2. The van der Waals surface area contributed by atoms with E-state index in [2.05, 4.69) is 4.98 Å². The van der Waals surface area contributed by atoms with Gasteiger partial charge < -0.3 is 10.6 Å². The third-order valence-corrected chi connectivity index (χ3v) is 2.68. The summed E-state index contributed by atoms with van der Waals surface area (Å²) in [6.45, 7) is 0.394. The van der Waals surface area contributed by atoms with Crippen LogP contribution in [0.5, 0.6) is 0 Å². The van der Waals surface area contributed by atoms with Crippen LogP contribution in [-0.4, -0.2) is 12.0 Å². The molecule has 3 nitrogen and oxygen atoms in total. The highest BCUT2D eigenvalue weighted by Gasteiger charge is 2.13. The molecule has 0 unspecified atom stereocenters. The molecular formula is C13H13F2N3. The molecule has 0 saturated carbocycles. The van der Waals surface area contributed by atoms with E-state index in [1.54, 1.807) is 25.4 Å². The second-order valence-electron chi connectivity index (χ2n) is 3.86. The zero-order valence-corrected chi connectivity index (χ0v) is 9.90. The first-order valence-corrected chi connectivity index (χ1v) is 5.46. The van der Waals surface area contributed by atoms with E-state index in [4.69, 9.17) is 5.73 Å². The molecule has 0 saturated heterocycles. The molecule has 1 aromatic heterocycles. The van der Waals surface area contributed by atoms with Gasteiger partial charge in [-0.15, -0.1) is 0 Å². The maximum Gasteiger partial charge on any atom is 0.182 e. The van der Waals surface area contributed by atoms with Crippen molar-refractivity contribution >= 4 is 11.5 Å². The first-order valence-electron chi connectivity index (χ1n) is 5.46. The van der Waals surface area contributed by atoms with E-state index in [-0.39, 0.29) is 5.69 Å². The average molecular weight is 249 g/mol. The Morgan fingerprint density at radius 3 is 2.61 bits per heavy atom. The van der Waals surface area contributed by atoms with Crippen LogP contribution in [0.15, 0.2) is 36.5 Å². The van der Waals surface area contributed by atoms with Crippen LogP contribution in [0.3, 0.4) is 0 Å². The summed E-state index contributed by atoms with van der Waals surface area (Å²) in [4.78, 5) is 5.64. The van der Waals surface area contributed by atoms with Crippen LogP contribution in [0.25, 0.3) is 0 Å². The van der Waals surface area contributed by atoms with Gasteiger partial charge in [0.25, 0.3) is 0 Å². The van der Waals surface area contributed by atoms with Crippen molar-refractivity contribution in [3.63, 3.8) is 0 Å². The summed E-state index contributed by atoms with van der Waals surface area (Å²) in [5, 5.41) is 0. The van der Waals surface area contributed by atoms with Crippen LogP contribution in [-0.2, 0) is 6.54 Å². The lowest BCUT2D eigenvalue weighted by Crippen LogP contribution is -2.13. The number of benzene rings is 1. The number of anilines is 2. The molecule has 0 radical (unpaired) electrons. The molecule has 0 fully saturated rings. The van der Waals surface area contributed by atoms with Gasteiger partial charge in [0.05, 0.1) is 5.69 Å². The Morgan fingerprint density at radius 2 is 2.00 bits per heavy atom. The number of hydrogen-bond donors (Lipinski definition) is 1. The van der Waals surface area contributed by atoms with Gasteiger partial charge in [-0.2, -0.15) is 0 Å². The average Bonchev–Trinajstić information content (AvgIpc) is 2.41. The summed E-state index contributed by atoms with van der Waals surface area (Å²) in [6.07, 6.45) is 1.61. The first-order chi connectivity index (χ1) is 8.63. The maximum atomic E-state index is 13.6. The molecule has 2 N–H and O–H groups in total. The second-order valence-corrected chi connectivity index (χ2v) is 3.86. The molecule has 2 aromatic rings. The van der Waals surface area contributed by atoms with E-state index in [1.807, 2.05) is 0 Å². The lowest BCUT2D eigenvalue weighted by atomic mass is 10.2. The highest BCUT2D eigenvalue weighted by Crippen LogP contribution is 2.25. The standard InChI is InChI=1S/C13H13F2N3/c1-18(11-4-2-3-10(14)13(11)15)12-6-5-9(7-16)8-17-12/h2-6,8H,7,16H2,1H3. The van der Waals surface area contributed by atoms with Crippen LogP contribution >= 0.6 is 0 Å². The van der Waals surface area contributed by atoms with Crippen molar-refractivity contribution in [3.05, 3.63) is 53.7 Å². The first kappa shape index (κ1) is 12.4. The van der Waals surface area contributed by atoms with E-state index in [1.165, 1.54) is 17.0 Å². The van der Waals surface area contributed by atoms with Crippen molar-refractivity contribution in [1.29, 1.82) is 0 Å². The normalized spacial score (nSPS) is 10.4. The number of halogens is 2. The monoisotopic (exact) mass is 249 g/mol. The Hall–Kier alpha value is -2.01. The fourth-order valence-electron chi connectivity index (χ4n) is 1.61. The predicted octanol–water partition coefficient (Wildman–Crippen LogP) is 2.59. The molecule has 1 aromatic carbocycles. The lowest BCUT2D eigenvalue weighted by molar-refractivity contribution is 0.509. The van der Waals surface area contributed by atoms with Gasteiger partial charge in [0, 0.05) is 19.8 Å². The van der Waals surface area contributed by atoms with Crippen molar-refractivity contribution in [2.75, 3.05) is 11.9 Å². The van der Waals surface area contributed by atoms with Gasteiger partial charge in [-0.05, 0) is 23.8 Å². The van der Waals surface area contributed by atoms with Gasteiger partial charge in [0.2, 0.25) is 0 Å². The van der Waals surface area contributed by atoms with Gasteiger partial charge >= 0.3 is 0 Å². The molecule has 2 rings (SSSR count). The molecule has 0 aliphatic rings. The molecule has 0 amide bonds. The molecule has 0 atom stereocenters. The summed E-state index contributed by atoms with van der Waals surface area (Å²) in [5.41, 5.74) is 6.49. The zero-order chi connectivity index (χ0) is 13.1. The molecule has 94 valence electrons. The molecule has 18 heavy (non-hydrogen) atoms.